The van der Waals surface area contributed by atoms with Crippen LogP contribution in [-0.4, -0.2) is 10.2 Å². The first-order valence-corrected chi connectivity index (χ1v) is 6.95. The van der Waals surface area contributed by atoms with Crippen LogP contribution in [0.3, 0.4) is 0 Å². The molecule has 0 amide bonds. The maximum absolute atomic E-state index is 4.06. The fraction of sp³-hybridized carbons (Fsp3) is 0.235. The highest BCUT2D eigenvalue weighted by Gasteiger charge is 2.09. The number of benzene rings is 2. The Morgan fingerprint density at radius 1 is 1.15 bits per heavy atom. The maximum atomic E-state index is 4.06. The number of aryl methyl sites for hydroxylation is 1. The number of nitrogens with one attached hydrogen (secondary N) is 2. The van der Waals surface area contributed by atoms with Crippen molar-refractivity contribution < 1.29 is 0 Å². The lowest BCUT2D eigenvalue weighted by Crippen LogP contribution is -2.18. The third-order valence-corrected chi connectivity index (χ3v) is 3.82. The Balaban J connectivity index is 1.82. The van der Waals surface area contributed by atoms with E-state index >= 15 is 0 Å². The molecule has 102 valence electrons. The second-order valence-corrected chi connectivity index (χ2v) is 5.19. The van der Waals surface area contributed by atoms with E-state index in [0.29, 0.717) is 6.04 Å². The van der Waals surface area contributed by atoms with E-state index in [0.717, 1.165) is 12.2 Å². The summed E-state index contributed by atoms with van der Waals surface area (Å²) in [5.74, 6) is 0. The predicted octanol–water partition coefficient (Wildman–Crippen LogP) is 3.72. The van der Waals surface area contributed by atoms with Gasteiger partial charge in [0, 0.05) is 23.8 Å². The van der Waals surface area contributed by atoms with E-state index in [1.54, 1.807) is 0 Å². The average molecular weight is 265 g/mol. The lowest BCUT2D eigenvalue weighted by molar-refractivity contribution is 0.577. The average Bonchev–Trinajstić information content (AvgIpc) is 2.89. The van der Waals surface area contributed by atoms with Gasteiger partial charge >= 0.3 is 0 Å². The fourth-order valence-electron chi connectivity index (χ4n) is 2.55. The first-order chi connectivity index (χ1) is 9.75. The smallest absolute Gasteiger partial charge is 0.0535 e. The molecule has 0 aliphatic rings. The van der Waals surface area contributed by atoms with Gasteiger partial charge in [-0.2, -0.15) is 5.10 Å². The van der Waals surface area contributed by atoms with Gasteiger partial charge in [0.25, 0.3) is 0 Å². The summed E-state index contributed by atoms with van der Waals surface area (Å²) < 4.78 is 0. The molecular formula is C17H19N3. The van der Waals surface area contributed by atoms with Crippen LogP contribution in [0.1, 0.15) is 29.8 Å². The summed E-state index contributed by atoms with van der Waals surface area (Å²) in [6.07, 6.45) is 1.89. The molecule has 0 radical (unpaired) electrons. The minimum Gasteiger partial charge on any atom is -0.306 e. The molecule has 2 N–H and O–H groups in total. The van der Waals surface area contributed by atoms with Crippen molar-refractivity contribution in [3.05, 3.63) is 65.5 Å². The van der Waals surface area contributed by atoms with E-state index in [2.05, 4.69) is 64.9 Å². The summed E-state index contributed by atoms with van der Waals surface area (Å²) in [5, 5.41) is 13.2. The van der Waals surface area contributed by atoms with E-state index in [9.17, 15) is 0 Å². The molecule has 3 heteroatoms. The zero-order valence-corrected chi connectivity index (χ0v) is 11.9. The van der Waals surface area contributed by atoms with E-state index in [4.69, 9.17) is 0 Å². The summed E-state index contributed by atoms with van der Waals surface area (Å²) in [7, 11) is 0. The Hall–Kier alpha value is -2.13. The van der Waals surface area contributed by atoms with Crippen molar-refractivity contribution >= 4 is 10.8 Å². The molecule has 0 fully saturated rings. The summed E-state index contributed by atoms with van der Waals surface area (Å²) in [6, 6.07) is 15.3. The topological polar surface area (TPSA) is 40.7 Å². The highest BCUT2D eigenvalue weighted by atomic mass is 15.1. The van der Waals surface area contributed by atoms with Gasteiger partial charge in [-0.3, -0.25) is 5.10 Å². The molecule has 1 heterocycles. The number of aromatic amines is 1. The van der Waals surface area contributed by atoms with Crippen LogP contribution in [0, 0.1) is 6.92 Å². The minimum atomic E-state index is 0.301. The molecule has 3 nitrogen and oxygen atoms in total. The minimum absolute atomic E-state index is 0.301. The maximum Gasteiger partial charge on any atom is 0.0535 e. The van der Waals surface area contributed by atoms with Crippen LogP contribution in [0.2, 0.25) is 0 Å². The number of fused-ring (bicyclic) bond motifs is 1. The van der Waals surface area contributed by atoms with E-state index < -0.39 is 0 Å². The van der Waals surface area contributed by atoms with E-state index in [-0.39, 0.29) is 0 Å². The first kappa shape index (κ1) is 12.9. The van der Waals surface area contributed by atoms with Crippen LogP contribution in [0.25, 0.3) is 10.8 Å². The van der Waals surface area contributed by atoms with Crippen molar-refractivity contribution in [2.75, 3.05) is 0 Å². The summed E-state index contributed by atoms with van der Waals surface area (Å²) in [6.45, 7) is 5.08. The molecule has 0 saturated heterocycles. The lowest BCUT2D eigenvalue weighted by Gasteiger charge is -2.16. The molecule has 1 aromatic heterocycles. The monoisotopic (exact) mass is 265 g/mol. The number of H-pyrrole nitrogens is 1. The number of aromatic nitrogens is 2. The Bertz CT molecular complexity index is 710. The molecular weight excluding hydrogens is 246 g/mol. The zero-order valence-electron chi connectivity index (χ0n) is 11.9. The Kier molecular flexibility index (Phi) is 3.52. The normalized spacial score (nSPS) is 12.7. The summed E-state index contributed by atoms with van der Waals surface area (Å²) in [4.78, 5) is 0. The molecule has 0 aliphatic heterocycles. The quantitative estimate of drug-likeness (QED) is 0.754. The SMILES string of the molecule is Cc1[nH]ncc1CNC(C)c1cccc2ccccc12. The van der Waals surface area contributed by atoms with Gasteiger partial charge in [0.05, 0.1) is 6.20 Å². The molecule has 1 atom stereocenters. The van der Waals surface area contributed by atoms with Gasteiger partial charge in [-0.05, 0) is 30.2 Å². The molecule has 20 heavy (non-hydrogen) atoms. The number of rotatable bonds is 4. The highest BCUT2D eigenvalue weighted by Crippen LogP contribution is 2.24. The van der Waals surface area contributed by atoms with Gasteiger partial charge < -0.3 is 5.32 Å². The van der Waals surface area contributed by atoms with Crippen LogP contribution in [0.5, 0.6) is 0 Å². The van der Waals surface area contributed by atoms with Crippen molar-refractivity contribution in [1.82, 2.24) is 15.5 Å². The third-order valence-electron chi connectivity index (χ3n) is 3.82. The van der Waals surface area contributed by atoms with Gasteiger partial charge in [-0.15, -0.1) is 0 Å². The van der Waals surface area contributed by atoms with Crippen molar-refractivity contribution in [1.29, 1.82) is 0 Å². The standard InChI is InChI=1S/C17H19N3/c1-12-15(11-19-20-12)10-18-13(2)16-9-5-7-14-6-3-4-8-17(14)16/h3-9,11,13,18H,10H2,1-2H3,(H,19,20). The van der Waals surface area contributed by atoms with Crippen molar-refractivity contribution in [2.24, 2.45) is 0 Å². The van der Waals surface area contributed by atoms with Crippen molar-refractivity contribution in [3.8, 4) is 0 Å². The number of nitrogens with zero attached hydrogens (tertiary/aromatic N) is 1. The Morgan fingerprint density at radius 3 is 2.75 bits per heavy atom. The number of hydrogen-bond acceptors (Lipinski definition) is 2. The van der Waals surface area contributed by atoms with E-state index in [1.807, 2.05) is 13.1 Å². The zero-order chi connectivity index (χ0) is 13.9. The molecule has 0 aliphatic carbocycles. The predicted molar refractivity (Wildman–Crippen MR) is 82.5 cm³/mol. The van der Waals surface area contributed by atoms with Crippen LogP contribution in [-0.2, 0) is 6.54 Å². The molecule has 0 saturated carbocycles. The summed E-state index contributed by atoms with van der Waals surface area (Å²) in [5.41, 5.74) is 3.68. The molecule has 3 rings (SSSR count). The fourth-order valence-corrected chi connectivity index (χ4v) is 2.55. The van der Waals surface area contributed by atoms with Crippen LogP contribution in [0.15, 0.2) is 48.7 Å². The molecule has 0 spiro atoms. The third kappa shape index (κ3) is 2.45. The largest absolute Gasteiger partial charge is 0.306 e. The van der Waals surface area contributed by atoms with Gasteiger partial charge in [-0.1, -0.05) is 42.5 Å². The van der Waals surface area contributed by atoms with Gasteiger partial charge in [0.1, 0.15) is 0 Å². The second kappa shape index (κ2) is 5.47. The van der Waals surface area contributed by atoms with Crippen LogP contribution in [0.4, 0.5) is 0 Å². The molecule has 1 unspecified atom stereocenters. The van der Waals surface area contributed by atoms with Crippen molar-refractivity contribution in [2.45, 2.75) is 26.4 Å². The van der Waals surface area contributed by atoms with Crippen LogP contribution >= 0.6 is 0 Å². The molecule has 3 aromatic rings. The molecule has 0 bridgehead atoms. The Morgan fingerprint density at radius 2 is 1.95 bits per heavy atom. The summed E-state index contributed by atoms with van der Waals surface area (Å²) >= 11 is 0. The highest BCUT2D eigenvalue weighted by molar-refractivity contribution is 5.86. The van der Waals surface area contributed by atoms with Gasteiger partial charge in [-0.25, -0.2) is 0 Å². The first-order valence-electron chi connectivity index (χ1n) is 6.95. The van der Waals surface area contributed by atoms with Crippen molar-refractivity contribution in [3.63, 3.8) is 0 Å². The number of hydrogen-bond donors (Lipinski definition) is 2. The lowest BCUT2D eigenvalue weighted by atomic mass is 9.99. The molecule has 2 aromatic carbocycles. The Labute approximate surface area is 119 Å². The van der Waals surface area contributed by atoms with Gasteiger partial charge in [0.2, 0.25) is 0 Å². The second-order valence-electron chi connectivity index (χ2n) is 5.19. The van der Waals surface area contributed by atoms with E-state index in [1.165, 1.54) is 21.9 Å². The van der Waals surface area contributed by atoms with Gasteiger partial charge in [0.15, 0.2) is 0 Å². The van der Waals surface area contributed by atoms with Crippen LogP contribution < -0.4 is 5.32 Å².